The third kappa shape index (κ3) is 3.83. The van der Waals surface area contributed by atoms with Crippen molar-refractivity contribution in [3.63, 3.8) is 0 Å². The Balaban J connectivity index is 2.42. The number of aryl methyl sites for hydroxylation is 1. The highest BCUT2D eigenvalue weighted by molar-refractivity contribution is 9.10. The van der Waals surface area contributed by atoms with Gasteiger partial charge in [0.15, 0.2) is 0 Å². The van der Waals surface area contributed by atoms with Crippen molar-refractivity contribution in [3.05, 3.63) is 27.7 Å². The molecule has 2 aromatic rings. The number of thioether (sulfide) groups is 1. The SMILES string of the molecule is CCSc1c(C(F)(F)F)ccc(C(=O)Nc2nnnn2C)c1Br. The predicted molar refractivity (Wildman–Crippen MR) is 82.3 cm³/mol. The minimum absolute atomic E-state index is 0.0243. The molecule has 124 valence electrons. The zero-order valence-electron chi connectivity index (χ0n) is 12.0. The number of halogens is 4. The minimum atomic E-state index is -4.50. The van der Waals surface area contributed by atoms with Crippen LogP contribution in [0.15, 0.2) is 21.5 Å². The van der Waals surface area contributed by atoms with Crippen LogP contribution >= 0.6 is 27.7 Å². The van der Waals surface area contributed by atoms with Gasteiger partial charge in [0.25, 0.3) is 5.91 Å². The summed E-state index contributed by atoms with van der Waals surface area (Å²) in [7, 11) is 1.52. The van der Waals surface area contributed by atoms with Crippen LogP contribution in [0.25, 0.3) is 0 Å². The number of hydrogen-bond acceptors (Lipinski definition) is 5. The lowest BCUT2D eigenvalue weighted by Gasteiger charge is -2.16. The first-order valence-electron chi connectivity index (χ1n) is 6.32. The fourth-order valence-electron chi connectivity index (χ4n) is 1.74. The maximum absolute atomic E-state index is 13.1. The Morgan fingerprint density at radius 2 is 2.13 bits per heavy atom. The standard InChI is InChI=1S/C12H11BrF3N5OS/c1-3-23-9-7(12(14,15)16)5-4-6(8(9)13)10(22)17-11-18-19-20-21(11)2/h4-5H,3H2,1-2H3,(H,17,18,20,22). The minimum Gasteiger partial charge on any atom is -0.289 e. The van der Waals surface area contributed by atoms with Crippen molar-refractivity contribution in [1.82, 2.24) is 20.2 Å². The molecule has 1 heterocycles. The molecule has 0 aliphatic rings. The van der Waals surface area contributed by atoms with Gasteiger partial charge < -0.3 is 0 Å². The molecule has 0 atom stereocenters. The lowest BCUT2D eigenvalue weighted by atomic mass is 10.1. The van der Waals surface area contributed by atoms with Crippen LogP contribution in [0.5, 0.6) is 0 Å². The molecule has 1 N–H and O–H groups in total. The molecule has 2 rings (SSSR count). The smallest absolute Gasteiger partial charge is 0.289 e. The number of tetrazole rings is 1. The van der Waals surface area contributed by atoms with E-state index in [1.807, 2.05) is 0 Å². The summed E-state index contributed by atoms with van der Waals surface area (Å²) < 4.78 is 40.6. The molecule has 23 heavy (non-hydrogen) atoms. The van der Waals surface area contributed by atoms with Gasteiger partial charge in [-0.3, -0.25) is 10.1 Å². The van der Waals surface area contributed by atoms with E-state index in [1.54, 1.807) is 6.92 Å². The number of nitrogens with one attached hydrogen (secondary N) is 1. The van der Waals surface area contributed by atoms with E-state index >= 15 is 0 Å². The number of aromatic nitrogens is 4. The van der Waals surface area contributed by atoms with Gasteiger partial charge >= 0.3 is 6.18 Å². The Bertz CT molecular complexity index is 734. The van der Waals surface area contributed by atoms with Crippen molar-refractivity contribution in [2.75, 3.05) is 11.1 Å². The lowest BCUT2D eigenvalue weighted by molar-refractivity contribution is -0.139. The molecule has 0 fully saturated rings. The van der Waals surface area contributed by atoms with Crippen LogP contribution in [0.4, 0.5) is 19.1 Å². The average molecular weight is 410 g/mol. The van der Waals surface area contributed by atoms with Gasteiger partial charge in [-0.25, -0.2) is 4.68 Å². The second-order valence-electron chi connectivity index (χ2n) is 4.31. The first kappa shape index (κ1) is 17.7. The summed E-state index contributed by atoms with van der Waals surface area (Å²) in [6.45, 7) is 1.73. The highest BCUT2D eigenvalue weighted by Crippen LogP contribution is 2.42. The van der Waals surface area contributed by atoms with Crippen LogP contribution in [-0.2, 0) is 13.2 Å². The van der Waals surface area contributed by atoms with Gasteiger partial charge in [-0.05, 0) is 44.2 Å². The molecule has 1 aromatic carbocycles. The molecule has 0 bridgehead atoms. The molecule has 0 spiro atoms. The number of benzene rings is 1. The number of anilines is 1. The van der Waals surface area contributed by atoms with Gasteiger partial charge in [-0.1, -0.05) is 12.0 Å². The van der Waals surface area contributed by atoms with Crippen LogP contribution in [0.3, 0.4) is 0 Å². The Labute approximate surface area is 141 Å². The monoisotopic (exact) mass is 409 g/mol. The van der Waals surface area contributed by atoms with E-state index < -0.39 is 17.6 Å². The Morgan fingerprint density at radius 1 is 1.43 bits per heavy atom. The molecule has 6 nitrogen and oxygen atoms in total. The zero-order chi connectivity index (χ0) is 17.2. The van der Waals surface area contributed by atoms with Crippen LogP contribution < -0.4 is 5.32 Å². The van der Waals surface area contributed by atoms with Gasteiger partial charge in [0.2, 0.25) is 5.95 Å². The van der Waals surface area contributed by atoms with Crippen molar-refractivity contribution in [1.29, 1.82) is 0 Å². The Hall–Kier alpha value is -1.62. The molecule has 0 aliphatic carbocycles. The largest absolute Gasteiger partial charge is 0.417 e. The van der Waals surface area contributed by atoms with Crippen molar-refractivity contribution in [2.45, 2.75) is 18.0 Å². The summed E-state index contributed by atoms with van der Waals surface area (Å²) in [6, 6.07) is 2.01. The second-order valence-corrected chi connectivity index (χ2v) is 6.38. The Kier molecular flexibility index (Phi) is 5.30. The highest BCUT2D eigenvalue weighted by atomic mass is 79.9. The van der Waals surface area contributed by atoms with E-state index in [4.69, 9.17) is 0 Å². The maximum Gasteiger partial charge on any atom is 0.417 e. The molecule has 11 heteroatoms. The van der Waals surface area contributed by atoms with Crippen molar-refractivity contribution < 1.29 is 18.0 Å². The van der Waals surface area contributed by atoms with E-state index in [0.717, 1.165) is 23.9 Å². The van der Waals surface area contributed by atoms with E-state index in [-0.39, 0.29) is 20.9 Å². The summed E-state index contributed by atoms with van der Waals surface area (Å²) in [5, 5.41) is 13.0. The average Bonchev–Trinajstić information content (AvgIpc) is 2.85. The number of carbonyl (C=O) groups excluding carboxylic acids is 1. The van der Waals surface area contributed by atoms with E-state index in [1.165, 1.54) is 11.7 Å². The number of alkyl halides is 3. The normalized spacial score (nSPS) is 11.6. The fraction of sp³-hybridized carbons (Fsp3) is 0.333. The van der Waals surface area contributed by atoms with E-state index in [0.29, 0.717) is 5.75 Å². The molecule has 0 saturated carbocycles. The summed E-state index contributed by atoms with van der Waals surface area (Å²) in [6.07, 6.45) is -4.50. The van der Waals surface area contributed by atoms with Gasteiger partial charge in [-0.15, -0.1) is 11.8 Å². The van der Waals surface area contributed by atoms with E-state index in [9.17, 15) is 18.0 Å². The van der Waals surface area contributed by atoms with Gasteiger partial charge in [0, 0.05) is 16.4 Å². The number of amides is 1. The molecule has 0 radical (unpaired) electrons. The first-order chi connectivity index (χ1) is 10.8. The van der Waals surface area contributed by atoms with Crippen molar-refractivity contribution in [2.24, 2.45) is 7.05 Å². The lowest BCUT2D eigenvalue weighted by Crippen LogP contribution is -2.17. The molecular weight excluding hydrogens is 399 g/mol. The van der Waals surface area contributed by atoms with Gasteiger partial charge in [0.05, 0.1) is 11.1 Å². The van der Waals surface area contributed by atoms with Crippen molar-refractivity contribution in [3.8, 4) is 0 Å². The third-order valence-electron chi connectivity index (χ3n) is 2.78. The molecule has 1 amide bonds. The quantitative estimate of drug-likeness (QED) is 0.783. The van der Waals surface area contributed by atoms with Crippen LogP contribution in [0.2, 0.25) is 0 Å². The number of carbonyl (C=O) groups is 1. The number of hydrogen-bond donors (Lipinski definition) is 1. The summed E-state index contributed by atoms with van der Waals surface area (Å²) >= 11 is 4.11. The molecule has 0 aliphatic heterocycles. The van der Waals surface area contributed by atoms with Crippen LogP contribution in [-0.4, -0.2) is 31.9 Å². The van der Waals surface area contributed by atoms with E-state index in [2.05, 4.69) is 36.8 Å². The van der Waals surface area contributed by atoms with Crippen LogP contribution in [0, 0.1) is 0 Å². The van der Waals surface area contributed by atoms with Crippen molar-refractivity contribution >= 4 is 39.5 Å². The molecule has 1 aromatic heterocycles. The first-order valence-corrected chi connectivity index (χ1v) is 8.09. The summed E-state index contributed by atoms with van der Waals surface area (Å²) in [5.41, 5.74) is -0.718. The Morgan fingerprint density at radius 3 is 2.65 bits per heavy atom. The number of rotatable bonds is 4. The summed E-state index contributed by atoms with van der Waals surface area (Å²) in [4.78, 5) is 12.2. The predicted octanol–water partition coefficient (Wildman–Crippen LogP) is 3.36. The van der Waals surface area contributed by atoms with Gasteiger partial charge in [-0.2, -0.15) is 13.2 Å². The highest BCUT2D eigenvalue weighted by Gasteiger charge is 2.35. The van der Waals surface area contributed by atoms with Gasteiger partial charge in [0.1, 0.15) is 0 Å². The zero-order valence-corrected chi connectivity index (χ0v) is 14.4. The molecule has 0 saturated heterocycles. The number of nitrogens with zero attached hydrogens (tertiary/aromatic N) is 4. The summed E-state index contributed by atoms with van der Waals surface area (Å²) in [5.74, 6) is -0.0899. The van der Waals surface area contributed by atoms with Crippen LogP contribution in [0.1, 0.15) is 22.8 Å². The second kappa shape index (κ2) is 6.87. The topological polar surface area (TPSA) is 72.7 Å². The maximum atomic E-state index is 13.1. The fourth-order valence-corrected chi connectivity index (χ4v) is 3.48. The molecule has 0 unspecified atom stereocenters. The third-order valence-corrected chi connectivity index (χ3v) is 4.87. The molecular formula is C12H11BrF3N5OS.